The van der Waals surface area contributed by atoms with Crippen LogP contribution in [-0.2, 0) is 4.74 Å². The van der Waals surface area contributed by atoms with Gasteiger partial charge < -0.3 is 9.72 Å². The van der Waals surface area contributed by atoms with E-state index in [1.807, 2.05) is 12.1 Å². The third-order valence-corrected chi connectivity index (χ3v) is 3.62. The van der Waals surface area contributed by atoms with Crippen LogP contribution in [0.4, 0.5) is 0 Å². The van der Waals surface area contributed by atoms with E-state index in [0.29, 0.717) is 17.2 Å². The Hall–Kier alpha value is -1.32. The van der Waals surface area contributed by atoms with Gasteiger partial charge in [-0.05, 0) is 31.4 Å². The molecule has 0 aliphatic carbocycles. The molecule has 1 atom stereocenters. The number of aromatic nitrogens is 1. The maximum Gasteiger partial charge on any atom is 0.193 e. The van der Waals surface area contributed by atoms with E-state index in [2.05, 4.69) is 4.98 Å². The van der Waals surface area contributed by atoms with Crippen LogP contribution in [0, 0.1) is 0 Å². The van der Waals surface area contributed by atoms with Gasteiger partial charge in [-0.2, -0.15) is 0 Å². The summed E-state index contributed by atoms with van der Waals surface area (Å²) in [7, 11) is 0. The number of carbonyl (C=O) groups excluding carboxylic acids is 1. The van der Waals surface area contributed by atoms with Crippen molar-refractivity contribution in [3.8, 4) is 0 Å². The lowest BCUT2D eigenvalue weighted by Crippen LogP contribution is -2.28. The molecule has 1 unspecified atom stereocenters. The molecule has 0 radical (unpaired) electrons. The summed E-state index contributed by atoms with van der Waals surface area (Å²) in [5.41, 5.74) is 1.59. The van der Waals surface area contributed by atoms with Gasteiger partial charge in [0.1, 0.15) is 6.10 Å². The lowest BCUT2D eigenvalue weighted by Gasteiger charge is -2.20. The third-order valence-electron chi connectivity index (χ3n) is 3.38. The third kappa shape index (κ3) is 2.04. The number of H-pyrrole nitrogens is 1. The van der Waals surface area contributed by atoms with E-state index in [9.17, 15) is 4.79 Å². The number of carbonyl (C=O) groups is 1. The summed E-state index contributed by atoms with van der Waals surface area (Å²) in [4.78, 5) is 15.5. The molecular formula is C14H14ClNO2. The van der Waals surface area contributed by atoms with Crippen molar-refractivity contribution < 1.29 is 9.53 Å². The molecule has 0 saturated carbocycles. The number of fused-ring (bicyclic) bond motifs is 1. The molecule has 3 rings (SSSR count). The lowest BCUT2D eigenvalue weighted by atomic mass is 9.99. The Bertz CT molecular complexity index is 584. The fraction of sp³-hybridized carbons (Fsp3) is 0.357. The van der Waals surface area contributed by atoms with Gasteiger partial charge in [-0.3, -0.25) is 4.79 Å². The van der Waals surface area contributed by atoms with E-state index in [1.165, 1.54) is 0 Å². The van der Waals surface area contributed by atoms with Gasteiger partial charge in [0.2, 0.25) is 0 Å². The Morgan fingerprint density at radius 2 is 2.28 bits per heavy atom. The van der Waals surface area contributed by atoms with Crippen LogP contribution in [-0.4, -0.2) is 23.5 Å². The average Bonchev–Trinajstić information content (AvgIpc) is 2.81. The summed E-state index contributed by atoms with van der Waals surface area (Å²) in [5, 5.41) is 1.58. The van der Waals surface area contributed by atoms with Crippen molar-refractivity contribution in [2.45, 2.75) is 25.4 Å². The van der Waals surface area contributed by atoms with Crippen molar-refractivity contribution >= 4 is 28.3 Å². The molecule has 1 aliphatic rings. The number of ketones is 1. The molecule has 1 aromatic heterocycles. The first-order chi connectivity index (χ1) is 8.75. The molecule has 94 valence electrons. The zero-order valence-electron chi connectivity index (χ0n) is 9.91. The van der Waals surface area contributed by atoms with Gasteiger partial charge >= 0.3 is 0 Å². The van der Waals surface area contributed by atoms with Crippen LogP contribution in [0.5, 0.6) is 0 Å². The molecule has 2 aromatic rings. The fourth-order valence-corrected chi connectivity index (χ4v) is 2.60. The minimum Gasteiger partial charge on any atom is -0.370 e. The topological polar surface area (TPSA) is 42.1 Å². The Morgan fingerprint density at radius 1 is 1.39 bits per heavy atom. The van der Waals surface area contributed by atoms with Crippen molar-refractivity contribution in [3.63, 3.8) is 0 Å². The monoisotopic (exact) mass is 263 g/mol. The van der Waals surface area contributed by atoms with Gasteiger partial charge in [-0.1, -0.05) is 17.7 Å². The van der Waals surface area contributed by atoms with E-state index in [4.69, 9.17) is 16.3 Å². The predicted molar refractivity (Wildman–Crippen MR) is 71.2 cm³/mol. The maximum atomic E-state index is 12.4. The second-order valence-corrected chi connectivity index (χ2v) is 5.05. The smallest absolute Gasteiger partial charge is 0.193 e. The number of hydrogen-bond acceptors (Lipinski definition) is 2. The summed E-state index contributed by atoms with van der Waals surface area (Å²) < 4.78 is 5.55. The van der Waals surface area contributed by atoms with Crippen molar-refractivity contribution in [1.29, 1.82) is 0 Å². The van der Waals surface area contributed by atoms with E-state index >= 15 is 0 Å². The van der Waals surface area contributed by atoms with E-state index in [-0.39, 0.29) is 11.9 Å². The van der Waals surface area contributed by atoms with Crippen LogP contribution in [0.2, 0.25) is 5.02 Å². The summed E-state index contributed by atoms with van der Waals surface area (Å²) in [6, 6.07) is 5.51. The zero-order chi connectivity index (χ0) is 12.5. The minimum absolute atomic E-state index is 0.0725. The van der Waals surface area contributed by atoms with E-state index in [0.717, 1.165) is 30.2 Å². The Morgan fingerprint density at radius 3 is 3.06 bits per heavy atom. The Labute approximate surface area is 110 Å². The highest BCUT2D eigenvalue weighted by atomic mass is 35.5. The molecule has 1 saturated heterocycles. The van der Waals surface area contributed by atoms with Gasteiger partial charge in [-0.25, -0.2) is 0 Å². The van der Waals surface area contributed by atoms with Gasteiger partial charge in [0.05, 0.1) is 0 Å². The number of ether oxygens (including phenoxy) is 1. The summed E-state index contributed by atoms with van der Waals surface area (Å²) >= 11 is 5.93. The standard InChI is InChI=1S/C14H14ClNO2/c15-9-4-5-10-11(8-16-12(10)7-9)14(17)13-3-1-2-6-18-13/h4-5,7-8,13,16H,1-3,6H2. The first-order valence-corrected chi connectivity index (χ1v) is 6.56. The van der Waals surface area contributed by atoms with Gasteiger partial charge in [0, 0.05) is 34.3 Å². The zero-order valence-corrected chi connectivity index (χ0v) is 10.7. The highest BCUT2D eigenvalue weighted by Crippen LogP contribution is 2.25. The maximum absolute atomic E-state index is 12.4. The molecule has 2 heterocycles. The summed E-state index contributed by atoms with van der Waals surface area (Å²) in [6.45, 7) is 0.685. The lowest BCUT2D eigenvalue weighted by molar-refractivity contribution is 0.0188. The summed E-state index contributed by atoms with van der Waals surface area (Å²) in [6.07, 6.45) is 4.39. The molecule has 1 aromatic carbocycles. The molecule has 0 spiro atoms. The van der Waals surface area contributed by atoms with Crippen LogP contribution < -0.4 is 0 Å². The van der Waals surface area contributed by atoms with Crippen LogP contribution in [0.25, 0.3) is 10.9 Å². The van der Waals surface area contributed by atoms with Crippen molar-refractivity contribution in [3.05, 3.63) is 35.0 Å². The summed E-state index contributed by atoms with van der Waals surface area (Å²) in [5.74, 6) is 0.0725. The van der Waals surface area contributed by atoms with Crippen LogP contribution >= 0.6 is 11.6 Å². The van der Waals surface area contributed by atoms with Crippen molar-refractivity contribution in [2.75, 3.05) is 6.61 Å². The Balaban J connectivity index is 1.96. The highest BCUT2D eigenvalue weighted by molar-refractivity contribution is 6.31. The number of benzene rings is 1. The number of aromatic amines is 1. The molecule has 0 bridgehead atoms. The average molecular weight is 264 g/mol. The molecule has 0 amide bonds. The van der Waals surface area contributed by atoms with E-state index < -0.39 is 0 Å². The van der Waals surface area contributed by atoms with E-state index in [1.54, 1.807) is 12.3 Å². The fourth-order valence-electron chi connectivity index (χ4n) is 2.42. The van der Waals surface area contributed by atoms with Crippen molar-refractivity contribution in [2.24, 2.45) is 0 Å². The second kappa shape index (κ2) is 4.75. The molecule has 3 nitrogen and oxygen atoms in total. The van der Waals surface area contributed by atoms with Gasteiger partial charge in [0.15, 0.2) is 5.78 Å². The minimum atomic E-state index is -0.284. The first kappa shape index (κ1) is 11.8. The second-order valence-electron chi connectivity index (χ2n) is 4.61. The number of hydrogen-bond donors (Lipinski definition) is 1. The Kier molecular flexibility index (Phi) is 3.10. The highest BCUT2D eigenvalue weighted by Gasteiger charge is 2.25. The molecule has 1 aliphatic heterocycles. The number of Topliss-reactive ketones (excluding diaryl/α,β-unsaturated/α-hetero) is 1. The largest absolute Gasteiger partial charge is 0.370 e. The predicted octanol–water partition coefficient (Wildman–Crippen LogP) is 3.57. The van der Waals surface area contributed by atoms with Gasteiger partial charge in [0.25, 0.3) is 0 Å². The molecular weight excluding hydrogens is 250 g/mol. The first-order valence-electron chi connectivity index (χ1n) is 6.18. The SMILES string of the molecule is O=C(c1c[nH]c2cc(Cl)ccc12)C1CCCCO1. The van der Waals surface area contributed by atoms with Crippen LogP contribution in [0.3, 0.4) is 0 Å². The van der Waals surface area contributed by atoms with Crippen LogP contribution in [0.1, 0.15) is 29.6 Å². The molecule has 1 fully saturated rings. The normalized spacial score (nSPS) is 20.2. The number of rotatable bonds is 2. The molecule has 1 N–H and O–H groups in total. The van der Waals surface area contributed by atoms with Crippen molar-refractivity contribution in [1.82, 2.24) is 4.98 Å². The van der Waals surface area contributed by atoms with Crippen LogP contribution in [0.15, 0.2) is 24.4 Å². The number of nitrogens with one attached hydrogen (secondary N) is 1. The molecule has 18 heavy (non-hydrogen) atoms. The molecule has 4 heteroatoms. The number of halogens is 1. The quantitative estimate of drug-likeness (QED) is 0.842. The van der Waals surface area contributed by atoms with Gasteiger partial charge in [-0.15, -0.1) is 0 Å².